The number of aromatic nitrogens is 3. The summed E-state index contributed by atoms with van der Waals surface area (Å²) >= 11 is 3.35. The van der Waals surface area contributed by atoms with Crippen molar-refractivity contribution in [2.45, 2.75) is 6.92 Å². The standard InChI is InChI=1S/C13H16N6O2S2/c1-9(16-18-3-5-22-6-4-18)10-8-23-13(15-10)12-14-7-11(17(12)2)19(20)21/h7-8H,3-6H2,1-2H3. The van der Waals surface area contributed by atoms with Gasteiger partial charge in [-0.1, -0.05) is 0 Å². The minimum Gasteiger partial charge on any atom is -0.358 e. The van der Waals surface area contributed by atoms with Crippen LogP contribution in [-0.4, -0.2) is 54.8 Å². The Hall–Kier alpha value is -1.94. The summed E-state index contributed by atoms with van der Waals surface area (Å²) in [6, 6.07) is 0. The van der Waals surface area contributed by atoms with Crippen LogP contribution in [0.4, 0.5) is 5.82 Å². The minimum atomic E-state index is -0.452. The number of nitrogens with zero attached hydrogens (tertiary/aromatic N) is 6. The van der Waals surface area contributed by atoms with Gasteiger partial charge in [-0.25, -0.2) is 14.5 Å². The van der Waals surface area contributed by atoms with Gasteiger partial charge in [0.25, 0.3) is 5.82 Å². The third-order valence-corrected chi connectivity index (χ3v) is 5.28. The smallest absolute Gasteiger partial charge is 0.342 e. The van der Waals surface area contributed by atoms with E-state index in [9.17, 15) is 10.1 Å². The summed E-state index contributed by atoms with van der Waals surface area (Å²) < 4.78 is 1.44. The Kier molecular flexibility index (Phi) is 4.62. The summed E-state index contributed by atoms with van der Waals surface area (Å²) in [5, 5.41) is 20.1. The van der Waals surface area contributed by atoms with Gasteiger partial charge in [-0.3, -0.25) is 5.01 Å². The van der Waals surface area contributed by atoms with E-state index in [0.717, 1.165) is 36.0 Å². The lowest BCUT2D eigenvalue weighted by Gasteiger charge is -2.23. The summed E-state index contributed by atoms with van der Waals surface area (Å²) in [4.78, 5) is 19.1. The lowest BCUT2D eigenvalue weighted by molar-refractivity contribution is -0.391. The molecule has 122 valence electrons. The van der Waals surface area contributed by atoms with Gasteiger partial charge >= 0.3 is 5.82 Å². The monoisotopic (exact) mass is 352 g/mol. The molecule has 1 saturated heterocycles. The molecule has 0 amide bonds. The molecule has 2 aromatic heterocycles. The molecule has 0 bridgehead atoms. The maximum atomic E-state index is 10.9. The number of hydrogen-bond acceptors (Lipinski definition) is 8. The number of hydrazone groups is 1. The summed E-state index contributed by atoms with van der Waals surface area (Å²) in [5.74, 6) is 2.63. The molecule has 0 aliphatic carbocycles. The second kappa shape index (κ2) is 6.67. The molecular weight excluding hydrogens is 336 g/mol. The third-order valence-electron chi connectivity index (χ3n) is 3.50. The first-order valence-electron chi connectivity index (χ1n) is 7.06. The number of rotatable bonds is 4. The molecule has 23 heavy (non-hydrogen) atoms. The van der Waals surface area contributed by atoms with Gasteiger partial charge in [0, 0.05) is 30.0 Å². The van der Waals surface area contributed by atoms with E-state index in [1.165, 1.54) is 22.1 Å². The van der Waals surface area contributed by atoms with Crippen LogP contribution in [-0.2, 0) is 7.05 Å². The van der Waals surface area contributed by atoms with Gasteiger partial charge in [-0.15, -0.1) is 11.3 Å². The molecule has 8 nitrogen and oxygen atoms in total. The second-order valence-electron chi connectivity index (χ2n) is 5.05. The highest BCUT2D eigenvalue weighted by atomic mass is 32.2. The molecule has 2 aromatic rings. The molecule has 1 fully saturated rings. The summed E-state index contributed by atoms with van der Waals surface area (Å²) in [6.45, 7) is 3.83. The Morgan fingerprint density at radius 2 is 2.17 bits per heavy atom. The molecule has 1 aliphatic rings. The van der Waals surface area contributed by atoms with Crippen molar-refractivity contribution in [1.82, 2.24) is 19.5 Å². The zero-order valence-corrected chi connectivity index (χ0v) is 14.4. The maximum Gasteiger partial charge on any atom is 0.342 e. The summed E-state index contributed by atoms with van der Waals surface area (Å²) in [7, 11) is 1.62. The van der Waals surface area contributed by atoms with Crippen LogP contribution < -0.4 is 0 Å². The van der Waals surface area contributed by atoms with Crippen molar-refractivity contribution in [2.24, 2.45) is 12.1 Å². The number of hydrogen-bond donors (Lipinski definition) is 0. The average molecular weight is 352 g/mol. The maximum absolute atomic E-state index is 10.9. The van der Waals surface area contributed by atoms with Crippen LogP contribution in [0.5, 0.6) is 0 Å². The Bertz CT molecular complexity index is 747. The molecule has 0 radical (unpaired) electrons. The first kappa shape index (κ1) is 15.9. The van der Waals surface area contributed by atoms with Crippen molar-refractivity contribution in [2.75, 3.05) is 24.6 Å². The average Bonchev–Trinajstić information content (AvgIpc) is 3.14. The zero-order chi connectivity index (χ0) is 16.4. The molecule has 0 saturated carbocycles. The lowest BCUT2D eigenvalue weighted by atomic mass is 10.3. The van der Waals surface area contributed by atoms with Crippen LogP contribution in [0.2, 0.25) is 0 Å². The quantitative estimate of drug-likeness (QED) is 0.476. The SMILES string of the molecule is CC(=NN1CCSCC1)c1csc(-c2ncc([N+](=O)[O-])n2C)n1. The van der Waals surface area contributed by atoms with Crippen LogP contribution in [0.3, 0.4) is 0 Å². The van der Waals surface area contributed by atoms with Gasteiger partial charge in [0.15, 0.2) is 5.01 Å². The molecule has 3 rings (SSSR count). The highest BCUT2D eigenvalue weighted by Gasteiger charge is 2.21. The van der Waals surface area contributed by atoms with E-state index in [1.807, 2.05) is 24.1 Å². The van der Waals surface area contributed by atoms with E-state index >= 15 is 0 Å². The molecular formula is C13H16N6O2S2. The molecule has 0 aromatic carbocycles. The van der Waals surface area contributed by atoms with Crippen LogP contribution in [0.1, 0.15) is 12.6 Å². The Morgan fingerprint density at radius 3 is 2.83 bits per heavy atom. The van der Waals surface area contributed by atoms with Crippen molar-refractivity contribution in [3.63, 3.8) is 0 Å². The van der Waals surface area contributed by atoms with E-state index in [2.05, 4.69) is 20.1 Å². The number of thiazole rings is 1. The highest BCUT2D eigenvalue weighted by Crippen LogP contribution is 2.26. The van der Waals surface area contributed by atoms with Crippen molar-refractivity contribution in [3.05, 3.63) is 27.4 Å². The first-order chi connectivity index (χ1) is 11.1. The minimum absolute atomic E-state index is 0.0482. The molecule has 10 heteroatoms. The Balaban J connectivity index is 1.82. The zero-order valence-electron chi connectivity index (χ0n) is 12.8. The predicted molar refractivity (Wildman–Crippen MR) is 92.1 cm³/mol. The fourth-order valence-electron chi connectivity index (χ4n) is 2.23. The molecule has 1 aliphatic heterocycles. The summed E-state index contributed by atoms with van der Waals surface area (Å²) in [6.07, 6.45) is 1.25. The molecule has 0 spiro atoms. The van der Waals surface area contributed by atoms with Crippen LogP contribution in [0.25, 0.3) is 10.8 Å². The number of nitro groups is 1. The second-order valence-corrected chi connectivity index (χ2v) is 7.13. The van der Waals surface area contributed by atoms with E-state index in [4.69, 9.17) is 0 Å². The molecule has 0 atom stereocenters. The van der Waals surface area contributed by atoms with Crippen LogP contribution in [0, 0.1) is 10.1 Å². The van der Waals surface area contributed by atoms with Crippen molar-refractivity contribution in [1.29, 1.82) is 0 Å². The van der Waals surface area contributed by atoms with E-state index in [1.54, 1.807) is 7.05 Å². The lowest BCUT2D eigenvalue weighted by Crippen LogP contribution is -2.28. The van der Waals surface area contributed by atoms with Gasteiger partial charge in [-0.05, 0) is 11.8 Å². The number of thioether (sulfide) groups is 1. The van der Waals surface area contributed by atoms with Gasteiger partial charge < -0.3 is 10.1 Å². The molecule has 0 unspecified atom stereocenters. The van der Waals surface area contributed by atoms with Gasteiger partial charge in [-0.2, -0.15) is 16.9 Å². The Labute approximate surface area is 141 Å². The third kappa shape index (κ3) is 3.37. The number of imidazole rings is 1. The largest absolute Gasteiger partial charge is 0.358 e. The van der Waals surface area contributed by atoms with E-state index in [-0.39, 0.29) is 5.82 Å². The molecule has 0 N–H and O–H groups in total. The van der Waals surface area contributed by atoms with Gasteiger partial charge in [0.05, 0.1) is 18.5 Å². The predicted octanol–water partition coefficient (Wildman–Crippen LogP) is 2.22. The Morgan fingerprint density at radius 1 is 1.43 bits per heavy atom. The first-order valence-corrected chi connectivity index (χ1v) is 9.10. The molecule has 3 heterocycles. The van der Waals surface area contributed by atoms with Crippen molar-refractivity contribution >= 4 is 34.6 Å². The van der Waals surface area contributed by atoms with Crippen molar-refractivity contribution in [3.8, 4) is 10.8 Å². The highest BCUT2D eigenvalue weighted by molar-refractivity contribution is 7.99. The van der Waals surface area contributed by atoms with Crippen LogP contribution in [0.15, 0.2) is 16.7 Å². The topological polar surface area (TPSA) is 89.5 Å². The fourth-order valence-corrected chi connectivity index (χ4v) is 4.01. The fraction of sp³-hybridized carbons (Fsp3) is 0.462. The van der Waals surface area contributed by atoms with E-state index < -0.39 is 4.92 Å². The van der Waals surface area contributed by atoms with Crippen molar-refractivity contribution < 1.29 is 4.92 Å². The van der Waals surface area contributed by atoms with E-state index in [0.29, 0.717) is 10.8 Å². The van der Waals surface area contributed by atoms with Gasteiger partial charge in [0.1, 0.15) is 6.20 Å². The summed E-state index contributed by atoms with van der Waals surface area (Å²) in [5.41, 5.74) is 1.64. The van der Waals surface area contributed by atoms with Gasteiger partial charge in [0.2, 0.25) is 0 Å². The normalized spacial score (nSPS) is 15.9. The van der Waals surface area contributed by atoms with Crippen LogP contribution >= 0.6 is 23.1 Å².